The van der Waals surface area contributed by atoms with E-state index in [1.807, 2.05) is 6.92 Å². The quantitative estimate of drug-likeness (QED) is 0.353. The standard InChI is InChI=1S/C26H36F2O/c1-3-5-18-29-24-17-16-23(25(27)26(24)28)15-10-20-8-13-22(14-9-20)21-11-6-19(4-2)7-12-21/h16-17,19-22H,3-9,11-14,18H2,1-2H3/t19-,20?,21-,22?. The molecule has 2 saturated carbocycles. The fourth-order valence-electron chi connectivity index (χ4n) is 5.05. The first-order valence-corrected chi connectivity index (χ1v) is 11.7. The zero-order valence-corrected chi connectivity index (χ0v) is 18.1. The van der Waals surface area contributed by atoms with Crippen LogP contribution in [0.25, 0.3) is 0 Å². The van der Waals surface area contributed by atoms with Gasteiger partial charge in [-0.3, -0.25) is 0 Å². The summed E-state index contributed by atoms with van der Waals surface area (Å²) in [5.41, 5.74) is 0.144. The monoisotopic (exact) mass is 402 g/mol. The fourth-order valence-corrected chi connectivity index (χ4v) is 5.05. The lowest BCUT2D eigenvalue weighted by atomic mass is 9.69. The molecule has 2 aliphatic rings. The molecular formula is C26H36F2O. The van der Waals surface area contributed by atoms with Crippen molar-refractivity contribution < 1.29 is 13.5 Å². The summed E-state index contributed by atoms with van der Waals surface area (Å²) in [5.74, 6) is 7.32. The van der Waals surface area contributed by atoms with Crippen molar-refractivity contribution in [3.63, 3.8) is 0 Å². The second-order valence-electron chi connectivity index (χ2n) is 9.01. The maximum Gasteiger partial charge on any atom is 0.201 e. The van der Waals surface area contributed by atoms with Crippen molar-refractivity contribution >= 4 is 0 Å². The molecule has 160 valence electrons. The minimum atomic E-state index is -0.917. The van der Waals surface area contributed by atoms with Gasteiger partial charge in [0.05, 0.1) is 12.2 Å². The number of ether oxygens (including phenoxy) is 1. The Labute approximate surface area is 175 Å². The topological polar surface area (TPSA) is 9.23 Å². The molecule has 0 heterocycles. The van der Waals surface area contributed by atoms with Gasteiger partial charge in [0.1, 0.15) is 0 Å². The summed E-state index contributed by atoms with van der Waals surface area (Å²) in [5, 5.41) is 0. The summed E-state index contributed by atoms with van der Waals surface area (Å²) >= 11 is 0. The summed E-state index contributed by atoms with van der Waals surface area (Å²) in [6.07, 6.45) is 13.4. The molecule has 0 aromatic heterocycles. The highest BCUT2D eigenvalue weighted by Gasteiger charge is 2.30. The third-order valence-electron chi connectivity index (χ3n) is 7.12. The van der Waals surface area contributed by atoms with Gasteiger partial charge in [0, 0.05) is 5.92 Å². The Hall–Kier alpha value is -1.56. The first-order chi connectivity index (χ1) is 14.1. The van der Waals surface area contributed by atoms with Crippen molar-refractivity contribution in [2.45, 2.75) is 84.5 Å². The molecule has 29 heavy (non-hydrogen) atoms. The SMILES string of the molecule is CCCCOc1ccc(C#CC2CCC([C@H]3CC[C@H](CC)CC3)CC2)c(F)c1F. The van der Waals surface area contributed by atoms with Gasteiger partial charge in [0.2, 0.25) is 5.82 Å². The highest BCUT2D eigenvalue weighted by atomic mass is 19.2. The maximum absolute atomic E-state index is 14.3. The Balaban J connectivity index is 1.52. The number of benzene rings is 1. The van der Waals surface area contributed by atoms with Crippen LogP contribution in [0.3, 0.4) is 0 Å². The zero-order valence-electron chi connectivity index (χ0n) is 18.1. The number of rotatable bonds is 6. The molecule has 1 aromatic rings. The van der Waals surface area contributed by atoms with Crippen LogP contribution in [-0.4, -0.2) is 6.61 Å². The van der Waals surface area contributed by atoms with Crippen molar-refractivity contribution in [2.24, 2.45) is 23.7 Å². The van der Waals surface area contributed by atoms with Gasteiger partial charge in [-0.1, -0.05) is 51.4 Å². The fraction of sp³-hybridized carbons (Fsp3) is 0.692. The van der Waals surface area contributed by atoms with Gasteiger partial charge in [0.15, 0.2) is 11.6 Å². The number of hydrogen-bond donors (Lipinski definition) is 0. The summed E-state index contributed by atoms with van der Waals surface area (Å²) in [6, 6.07) is 3.05. The molecule has 0 unspecified atom stereocenters. The third-order valence-corrected chi connectivity index (χ3v) is 7.12. The van der Waals surface area contributed by atoms with Gasteiger partial charge < -0.3 is 4.74 Å². The first kappa shape index (κ1) is 22.1. The van der Waals surface area contributed by atoms with Crippen molar-refractivity contribution in [3.05, 3.63) is 29.3 Å². The van der Waals surface area contributed by atoms with Crippen LogP contribution in [0.15, 0.2) is 12.1 Å². The zero-order chi connectivity index (χ0) is 20.6. The predicted molar refractivity (Wildman–Crippen MR) is 115 cm³/mol. The second-order valence-corrected chi connectivity index (χ2v) is 9.01. The van der Waals surface area contributed by atoms with Gasteiger partial charge in [-0.2, -0.15) is 4.39 Å². The van der Waals surface area contributed by atoms with E-state index in [-0.39, 0.29) is 11.3 Å². The Bertz CT molecular complexity index is 701. The van der Waals surface area contributed by atoms with E-state index in [4.69, 9.17) is 4.74 Å². The van der Waals surface area contributed by atoms with Crippen molar-refractivity contribution in [1.29, 1.82) is 0 Å². The molecule has 0 radical (unpaired) electrons. The van der Waals surface area contributed by atoms with Crippen LogP contribution >= 0.6 is 0 Å². The van der Waals surface area contributed by atoms with Crippen LogP contribution < -0.4 is 4.74 Å². The molecule has 2 fully saturated rings. The number of unbranched alkanes of at least 4 members (excludes halogenated alkanes) is 1. The Morgan fingerprint density at radius 3 is 2.17 bits per heavy atom. The lowest BCUT2D eigenvalue weighted by Crippen LogP contribution is -2.25. The molecule has 0 amide bonds. The maximum atomic E-state index is 14.3. The van der Waals surface area contributed by atoms with Crippen LogP contribution in [0.4, 0.5) is 8.78 Å². The number of halogens is 2. The average molecular weight is 403 g/mol. The highest BCUT2D eigenvalue weighted by molar-refractivity contribution is 5.41. The molecule has 1 nitrogen and oxygen atoms in total. The van der Waals surface area contributed by atoms with Crippen molar-refractivity contribution in [1.82, 2.24) is 0 Å². The molecule has 0 saturated heterocycles. The highest BCUT2D eigenvalue weighted by Crippen LogP contribution is 2.41. The summed E-state index contributed by atoms with van der Waals surface area (Å²) in [4.78, 5) is 0. The molecule has 0 atom stereocenters. The van der Waals surface area contributed by atoms with Crippen LogP contribution in [0.1, 0.15) is 90.0 Å². The minimum absolute atomic E-state index is 0.0141. The van der Waals surface area contributed by atoms with Crippen molar-refractivity contribution in [2.75, 3.05) is 6.61 Å². The third kappa shape index (κ3) is 5.97. The van der Waals surface area contributed by atoms with Crippen molar-refractivity contribution in [3.8, 4) is 17.6 Å². The van der Waals surface area contributed by atoms with E-state index in [1.54, 1.807) is 6.07 Å². The average Bonchev–Trinajstić information content (AvgIpc) is 2.77. The molecule has 0 bridgehead atoms. The van der Waals surface area contributed by atoms with Gasteiger partial charge >= 0.3 is 0 Å². The lowest BCUT2D eigenvalue weighted by Gasteiger charge is -2.36. The Morgan fingerprint density at radius 2 is 1.55 bits per heavy atom. The molecule has 2 aliphatic carbocycles. The van der Waals surface area contributed by atoms with Gasteiger partial charge in [-0.25, -0.2) is 4.39 Å². The minimum Gasteiger partial charge on any atom is -0.490 e. The summed E-state index contributed by atoms with van der Waals surface area (Å²) < 4.78 is 33.9. The van der Waals surface area contributed by atoms with E-state index in [2.05, 4.69) is 18.8 Å². The molecule has 3 rings (SSSR count). The van der Waals surface area contributed by atoms with E-state index in [9.17, 15) is 8.78 Å². The lowest BCUT2D eigenvalue weighted by molar-refractivity contribution is 0.156. The Morgan fingerprint density at radius 1 is 0.897 bits per heavy atom. The van der Waals surface area contributed by atoms with E-state index in [0.29, 0.717) is 12.5 Å². The summed E-state index contributed by atoms with van der Waals surface area (Å²) in [7, 11) is 0. The Kier molecular flexibility index (Phi) is 8.40. The number of hydrogen-bond acceptors (Lipinski definition) is 1. The molecular weight excluding hydrogens is 366 g/mol. The van der Waals surface area contributed by atoms with Crippen LogP contribution in [0.5, 0.6) is 5.75 Å². The molecule has 0 N–H and O–H groups in total. The molecule has 0 spiro atoms. The summed E-state index contributed by atoms with van der Waals surface area (Å²) in [6.45, 7) is 4.75. The van der Waals surface area contributed by atoms with E-state index < -0.39 is 11.6 Å². The van der Waals surface area contributed by atoms with E-state index in [1.165, 1.54) is 51.0 Å². The van der Waals surface area contributed by atoms with E-state index >= 15 is 0 Å². The second kappa shape index (κ2) is 11.0. The van der Waals surface area contributed by atoms with Gasteiger partial charge in [0.25, 0.3) is 0 Å². The normalized spacial score (nSPS) is 27.2. The predicted octanol–water partition coefficient (Wildman–Crippen LogP) is 7.52. The first-order valence-electron chi connectivity index (χ1n) is 11.7. The molecule has 1 aromatic carbocycles. The largest absolute Gasteiger partial charge is 0.490 e. The van der Waals surface area contributed by atoms with Crippen LogP contribution in [0.2, 0.25) is 0 Å². The van der Waals surface area contributed by atoms with Gasteiger partial charge in [-0.05, 0) is 74.8 Å². The van der Waals surface area contributed by atoms with Crippen LogP contribution in [0, 0.1) is 47.1 Å². The smallest absolute Gasteiger partial charge is 0.201 e. The molecule has 0 aliphatic heterocycles. The van der Waals surface area contributed by atoms with Gasteiger partial charge in [-0.15, -0.1) is 0 Å². The van der Waals surface area contributed by atoms with Crippen LogP contribution in [-0.2, 0) is 0 Å². The molecule has 3 heteroatoms. The van der Waals surface area contributed by atoms with E-state index in [0.717, 1.165) is 43.4 Å².